The van der Waals surface area contributed by atoms with E-state index in [1.54, 1.807) is 103 Å². The van der Waals surface area contributed by atoms with Gasteiger partial charge in [-0.1, -0.05) is 18.2 Å². The van der Waals surface area contributed by atoms with Crippen molar-refractivity contribution in [3.05, 3.63) is 140 Å². The maximum atomic E-state index is 5.45. The van der Waals surface area contributed by atoms with Gasteiger partial charge in [0.1, 0.15) is 34.4 Å². The summed E-state index contributed by atoms with van der Waals surface area (Å²) >= 11 is 0. The molecule has 4 aromatic heterocycles. The standard InChI is InChI=1S/2C19H19N2O4.C8H7N4.Ir/c2*1-22-14-5-7-16(18(11-14)24-3)20-9-10-21(13-20)17-8-6-15(23-2)12-19(17)25-4;1-6-10-8(12-11-6)7-4-2-3-5-9-7;/h2*5-7,9-12H,1-4H3;2-5H,1H3;/q3*-1;. The van der Waals surface area contributed by atoms with E-state index in [0.29, 0.717) is 46.1 Å². The number of nitrogens with zero attached hydrogens (tertiary/aromatic N) is 8. The van der Waals surface area contributed by atoms with Gasteiger partial charge in [0.2, 0.25) is 0 Å². The Hall–Kier alpha value is -7.36. The second-order valence-corrected chi connectivity index (χ2v) is 12.7. The van der Waals surface area contributed by atoms with Gasteiger partial charge in [-0.2, -0.15) is 12.1 Å². The molecule has 0 aliphatic carbocycles. The van der Waals surface area contributed by atoms with Gasteiger partial charge in [0.25, 0.3) is 12.7 Å². The summed E-state index contributed by atoms with van der Waals surface area (Å²) in [6.07, 6.45) is 15.7. The van der Waals surface area contributed by atoms with Crippen LogP contribution in [0.15, 0.2) is 110 Å². The quantitative estimate of drug-likeness (QED) is 0.105. The first kappa shape index (κ1) is 46.7. The van der Waals surface area contributed by atoms with Crippen molar-refractivity contribution in [3.63, 3.8) is 0 Å². The minimum Gasteiger partial charge on any atom is -0.558 e. The number of hydrogen-bond acceptors (Lipinski definition) is 11. The van der Waals surface area contributed by atoms with E-state index in [-0.39, 0.29) is 20.1 Å². The first-order valence-corrected chi connectivity index (χ1v) is 18.8. The molecule has 0 N–H and O–H groups in total. The van der Waals surface area contributed by atoms with Crippen LogP contribution in [0.25, 0.3) is 34.3 Å². The average molecular weight is 1030 g/mol. The Balaban J connectivity index is 0.000000187. The van der Waals surface area contributed by atoms with E-state index in [9.17, 15) is 0 Å². The van der Waals surface area contributed by atoms with E-state index >= 15 is 0 Å². The van der Waals surface area contributed by atoms with Crippen LogP contribution >= 0.6 is 0 Å². The van der Waals surface area contributed by atoms with Crippen LogP contribution in [0.4, 0.5) is 0 Å². The minimum absolute atomic E-state index is 0. The summed E-state index contributed by atoms with van der Waals surface area (Å²) in [5.74, 6) is 6.73. The predicted octanol–water partition coefficient (Wildman–Crippen LogP) is 5.58. The van der Waals surface area contributed by atoms with Crippen LogP contribution < -0.4 is 52.1 Å². The maximum absolute atomic E-state index is 5.45. The van der Waals surface area contributed by atoms with Gasteiger partial charge in [0, 0.05) is 92.0 Å². The Morgan fingerprint density at radius 1 is 0.556 bits per heavy atom. The molecule has 0 unspecified atom stereocenters. The monoisotopic (exact) mass is 1030 g/mol. The molecule has 0 atom stereocenters. The number of benzene rings is 4. The van der Waals surface area contributed by atoms with E-state index in [1.165, 1.54) is 0 Å². The SMILES string of the molecule is COc1c[c-]c(-n2[c-][n+](-c3ccc(OC)cc3OC)cc2)c(OC)c1.COc1c[c-]c(-n2[c-][n+](-c3ccc(OC)cc3OC)cc2)c(OC)c1.Cc1n[n-]c(-c2ccccn2)n1.[Ir]. The molecule has 0 saturated carbocycles. The Labute approximate surface area is 379 Å². The molecule has 0 fully saturated rings. The number of aryl methyl sites for hydroxylation is 1. The van der Waals surface area contributed by atoms with E-state index in [2.05, 4.69) is 45.0 Å². The number of hydrogen-bond donors (Lipinski definition) is 0. The molecule has 0 bridgehead atoms. The molecule has 0 aliphatic rings. The molecule has 8 rings (SSSR count). The summed E-state index contributed by atoms with van der Waals surface area (Å²) in [6, 6.07) is 30.2. The summed E-state index contributed by atoms with van der Waals surface area (Å²) < 4.78 is 49.9. The van der Waals surface area contributed by atoms with Crippen LogP contribution in [-0.4, -0.2) is 81.1 Å². The van der Waals surface area contributed by atoms with Gasteiger partial charge < -0.3 is 57.1 Å². The Bertz CT molecular complexity index is 2400. The number of rotatable bonds is 13. The van der Waals surface area contributed by atoms with Crippen LogP contribution in [0.3, 0.4) is 0 Å². The van der Waals surface area contributed by atoms with Gasteiger partial charge in [-0.15, -0.1) is 12.1 Å². The molecule has 329 valence electrons. The van der Waals surface area contributed by atoms with E-state index < -0.39 is 0 Å². The summed E-state index contributed by atoms with van der Waals surface area (Å²) in [5.41, 5.74) is 3.91. The Morgan fingerprint density at radius 2 is 1.02 bits per heavy atom. The molecule has 0 saturated heterocycles. The van der Waals surface area contributed by atoms with Crippen molar-refractivity contribution < 1.29 is 67.1 Å². The molecule has 17 heteroatoms. The topological polar surface area (TPSA) is 144 Å². The van der Waals surface area contributed by atoms with Gasteiger partial charge in [0.15, 0.2) is 0 Å². The fourth-order valence-electron chi connectivity index (χ4n) is 5.86. The zero-order valence-corrected chi connectivity index (χ0v) is 38.5. The van der Waals surface area contributed by atoms with Crippen molar-refractivity contribution in [2.75, 3.05) is 56.9 Å². The number of imidazole rings is 2. The smallest absolute Gasteiger partial charge is 0.267 e. The van der Waals surface area contributed by atoms with Crippen molar-refractivity contribution in [3.8, 4) is 80.3 Å². The van der Waals surface area contributed by atoms with E-state index in [0.717, 1.165) is 39.9 Å². The van der Waals surface area contributed by atoms with Crippen LogP contribution in [0.2, 0.25) is 0 Å². The van der Waals surface area contributed by atoms with Gasteiger partial charge in [-0.3, -0.25) is 19.2 Å². The number of ether oxygens (including phenoxy) is 8. The molecule has 1 radical (unpaired) electrons. The predicted molar refractivity (Wildman–Crippen MR) is 226 cm³/mol. The van der Waals surface area contributed by atoms with Gasteiger partial charge in [-0.05, 0) is 60.5 Å². The fourth-order valence-corrected chi connectivity index (χ4v) is 5.86. The summed E-state index contributed by atoms with van der Waals surface area (Å²) in [4.78, 5) is 8.19. The van der Waals surface area contributed by atoms with E-state index in [1.807, 2.05) is 88.5 Å². The molecule has 8 aromatic rings. The van der Waals surface area contributed by atoms with Crippen molar-refractivity contribution >= 4 is 0 Å². The third-order valence-corrected chi connectivity index (χ3v) is 9.01. The average Bonchev–Trinajstić information content (AvgIpc) is 4.13. The molecule has 4 heterocycles. The zero-order valence-electron chi connectivity index (χ0n) is 36.1. The normalized spacial score (nSPS) is 10.2. The molecular weight excluding hydrogens is 985 g/mol. The Morgan fingerprint density at radius 3 is 1.40 bits per heavy atom. The summed E-state index contributed by atoms with van der Waals surface area (Å²) in [5, 5.41) is 7.65. The minimum atomic E-state index is 0. The van der Waals surface area contributed by atoms with E-state index in [4.69, 9.17) is 37.9 Å². The van der Waals surface area contributed by atoms with Crippen molar-refractivity contribution in [1.82, 2.24) is 29.3 Å². The molecule has 0 aliphatic heterocycles. The van der Waals surface area contributed by atoms with Crippen LogP contribution in [-0.2, 0) is 20.1 Å². The fraction of sp³-hybridized carbons (Fsp3) is 0.196. The zero-order chi connectivity index (χ0) is 44.0. The third kappa shape index (κ3) is 11.3. The second kappa shape index (κ2) is 22.5. The molecule has 0 amide bonds. The number of aromatic nitrogens is 8. The molecule has 16 nitrogen and oxygen atoms in total. The maximum Gasteiger partial charge on any atom is 0.267 e. The first-order valence-electron chi connectivity index (χ1n) is 18.8. The van der Waals surface area contributed by atoms with Gasteiger partial charge >= 0.3 is 0 Å². The summed E-state index contributed by atoms with van der Waals surface area (Å²) in [6.45, 7) is 1.80. The van der Waals surface area contributed by atoms with Gasteiger partial charge in [-0.25, -0.2) is 0 Å². The molecule has 4 aromatic carbocycles. The van der Waals surface area contributed by atoms with Crippen molar-refractivity contribution in [2.24, 2.45) is 0 Å². The molecular formula is C46H45IrN8O8-3. The molecule has 0 spiro atoms. The second-order valence-electron chi connectivity index (χ2n) is 12.7. The third-order valence-electron chi connectivity index (χ3n) is 9.01. The number of pyridine rings is 1. The molecule has 63 heavy (non-hydrogen) atoms. The van der Waals surface area contributed by atoms with Crippen LogP contribution in [0, 0.1) is 31.7 Å². The van der Waals surface area contributed by atoms with Crippen LogP contribution in [0.5, 0.6) is 46.0 Å². The number of methoxy groups -OCH3 is 8. The van der Waals surface area contributed by atoms with Crippen molar-refractivity contribution in [2.45, 2.75) is 6.92 Å². The van der Waals surface area contributed by atoms with Crippen molar-refractivity contribution in [1.29, 1.82) is 0 Å². The first-order chi connectivity index (χ1) is 30.2. The Kier molecular flexibility index (Phi) is 16.7. The van der Waals surface area contributed by atoms with Crippen LogP contribution in [0.1, 0.15) is 5.82 Å². The van der Waals surface area contributed by atoms with Gasteiger partial charge in [0.05, 0.1) is 62.6 Å². The summed E-state index contributed by atoms with van der Waals surface area (Å²) in [7, 11) is 12.9. The largest absolute Gasteiger partial charge is 0.558 e.